The summed E-state index contributed by atoms with van der Waals surface area (Å²) in [5.41, 5.74) is 1.95. The highest BCUT2D eigenvalue weighted by molar-refractivity contribution is 7.10. The molecule has 0 N–H and O–H groups in total. The standard InChI is InChI=1S/C16H15ClNO2S/c1-20-16(19)15(12-4-2-3-5-13(12)17)18-8-6-14-11(10-18)7-9-21-14/h2-5,7,9-10,15H,6,8H2,1H3/q+1/t15-/m1/s1. The van der Waals surface area contributed by atoms with E-state index in [0.29, 0.717) is 5.02 Å². The summed E-state index contributed by atoms with van der Waals surface area (Å²) in [7, 11) is 1.41. The van der Waals surface area contributed by atoms with Gasteiger partial charge >= 0.3 is 5.97 Å². The molecular weight excluding hydrogens is 306 g/mol. The minimum atomic E-state index is -0.503. The van der Waals surface area contributed by atoms with E-state index in [4.69, 9.17) is 16.3 Å². The summed E-state index contributed by atoms with van der Waals surface area (Å²) in [6.07, 6.45) is 2.96. The fourth-order valence-electron chi connectivity index (χ4n) is 2.60. The number of thiophene rings is 1. The average molecular weight is 321 g/mol. The van der Waals surface area contributed by atoms with Gasteiger partial charge in [-0.05, 0) is 17.5 Å². The van der Waals surface area contributed by atoms with Gasteiger partial charge in [0.2, 0.25) is 0 Å². The first-order valence-corrected chi connectivity index (χ1v) is 7.95. The number of rotatable bonds is 3. The second-order valence-corrected chi connectivity index (χ2v) is 6.27. The van der Waals surface area contributed by atoms with Gasteiger partial charge in [0.15, 0.2) is 6.21 Å². The predicted octanol–water partition coefficient (Wildman–Crippen LogP) is 3.30. The molecule has 0 fully saturated rings. The molecule has 2 heterocycles. The van der Waals surface area contributed by atoms with Crippen molar-refractivity contribution in [3.05, 3.63) is 56.7 Å². The molecule has 0 spiro atoms. The smallest absolute Gasteiger partial charge is 0.380 e. The summed E-state index contributed by atoms with van der Waals surface area (Å²) in [6.45, 7) is 0.776. The fraction of sp³-hybridized carbons (Fsp3) is 0.250. The highest BCUT2D eigenvalue weighted by atomic mass is 35.5. The molecule has 0 saturated heterocycles. The Bertz CT molecular complexity index is 708. The molecule has 108 valence electrons. The number of nitrogens with zero attached hydrogens (tertiary/aromatic N) is 1. The van der Waals surface area contributed by atoms with E-state index in [1.807, 2.05) is 29.0 Å². The lowest BCUT2D eigenvalue weighted by molar-refractivity contribution is -0.557. The van der Waals surface area contributed by atoms with Crippen LogP contribution in [0.2, 0.25) is 5.02 Å². The highest BCUT2D eigenvalue weighted by Gasteiger charge is 2.35. The molecule has 1 aromatic heterocycles. The van der Waals surface area contributed by atoms with Crippen LogP contribution in [0.3, 0.4) is 0 Å². The molecule has 1 aromatic carbocycles. The monoisotopic (exact) mass is 320 g/mol. The third kappa shape index (κ3) is 2.74. The van der Waals surface area contributed by atoms with Crippen LogP contribution in [0.15, 0.2) is 35.7 Å². The predicted molar refractivity (Wildman–Crippen MR) is 84.5 cm³/mol. The van der Waals surface area contributed by atoms with E-state index in [1.54, 1.807) is 17.4 Å². The van der Waals surface area contributed by atoms with Gasteiger partial charge in [-0.1, -0.05) is 29.8 Å². The van der Waals surface area contributed by atoms with Crippen LogP contribution in [-0.2, 0) is 16.0 Å². The average Bonchev–Trinajstić information content (AvgIpc) is 2.97. The van der Waals surface area contributed by atoms with Gasteiger partial charge in [-0.2, -0.15) is 0 Å². The van der Waals surface area contributed by atoms with Gasteiger partial charge in [0, 0.05) is 16.9 Å². The summed E-state index contributed by atoms with van der Waals surface area (Å²) < 4.78 is 7.00. The second kappa shape index (κ2) is 6.00. The van der Waals surface area contributed by atoms with Crippen LogP contribution in [0.1, 0.15) is 22.0 Å². The number of hydrogen-bond donors (Lipinski definition) is 0. The zero-order valence-corrected chi connectivity index (χ0v) is 13.2. The molecule has 0 aliphatic carbocycles. The van der Waals surface area contributed by atoms with Crippen molar-refractivity contribution in [1.82, 2.24) is 0 Å². The highest BCUT2D eigenvalue weighted by Crippen LogP contribution is 2.29. The van der Waals surface area contributed by atoms with Gasteiger partial charge in [0.1, 0.15) is 6.54 Å². The Morgan fingerprint density at radius 3 is 2.95 bits per heavy atom. The van der Waals surface area contributed by atoms with Crippen LogP contribution in [0.5, 0.6) is 0 Å². The van der Waals surface area contributed by atoms with Crippen molar-refractivity contribution in [2.75, 3.05) is 13.7 Å². The van der Waals surface area contributed by atoms with Crippen molar-refractivity contribution in [3.8, 4) is 0 Å². The number of carbonyl (C=O) groups is 1. The van der Waals surface area contributed by atoms with E-state index in [0.717, 1.165) is 18.5 Å². The van der Waals surface area contributed by atoms with E-state index in [9.17, 15) is 4.79 Å². The molecule has 21 heavy (non-hydrogen) atoms. The zero-order valence-electron chi connectivity index (χ0n) is 11.6. The summed E-state index contributed by atoms with van der Waals surface area (Å²) >= 11 is 8.02. The van der Waals surface area contributed by atoms with Gasteiger partial charge in [0.05, 0.1) is 17.7 Å². The Hall–Kier alpha value is -1.65. The van der Waals surface area contributed by atoms with Crippen molar-refractivity contribution >= 4 is 35.1 Å². The molecular formula is C16H15ClNO2S+. The maximum atomic E-state index is 12.3. The van der Waals surface area contributed by atoms with Crippen molar-refractivity contribution in [2.24, 2.45) is 0 Å². The van der Waals surface area contributed by atoms with Crippen LogP contribution in [0, 0.1) is 0 Å². The van der Waals surface area contributed by atoms with Crippen LogP contribution in [0.25, 0.3) is 0 Å². The second-order valence-electron chi connectivity index (χ2n) is 4.86. The normalized spacial score (nSPS) is 15.0. The lowest BCUT2D eigenvalue weighted by Gasteiger charge is -2.18. The Kier molecular flexibility index (Phi) is 4.08. The summed E-state index contributed by atoms with van der Waals surface area (Å²) in [4.78, 5) is 13.6. The Morgan fingerprint density at radius 1 is 1.38 bits per heavy atom. The van der Waals surface area contributed by atoms with Gasteiger partial charge in [-0.3, -0.25) is 0 Å². The minimum Gasteiger partial charge on any atom is -0.464 e. The first-order chi connectivity index (χ1) is 10.2. The molecule has 0 amide bonds. The molecule has 1 atom stereocenters. The molecule has 1 aliphatic heterocycles. The number of fused-ring (bicyclic) bond motifs is 1. The number of benzene rings is 1. The topological polar surface area (TPSA) is 29.3 Å². The molecule has 3 nitrogen and oxygen atoms in total. The number of methoxy groups -OCH3 is 1. The molecule has 1 aliphatic rings. The summed E-state index contributed by atoms with van der Waals surface area (Å²) in [5, 5.41) is 2.66. The maximum absolute atomic E-state index is 12.3. The maximum Gasteiger partial charge on any atom is 0.380 e. The number of halogens is 1. The summed E-state index contributed by atoms with van der Waals surface area (Å²) in [5.74, 6) is -0.293. The van der Waals surface area contributed by atoms with Crippen LogP contribution < -0.4 is 0 Å². The van der Waals surface area contributed by atoms with Crippen LogP contribution in [-0.4, -0.2) is 30.4 Å². The zero-order chi connectivity index (χ0) is 14.8. The molecule has 2 aromatic rings. The lowest BCUT2D eigenvalue weighted by Crippen LogP contribution is -2.32. The number of hydrogen-bond acceptors (Lipinski definition) is 3. The van der Waals surface area contributed by atoms with Gasteiger partial charge in [0.25, 0.3) is 6.04 Å². The quantitative estimate of drug-likeness (QED) is 0.641. The van der Waals surface area contributed by atoms with Gasteiger partial charge in [-0.15, -0.1) is 11.3 Å². The largest absolute Gasteiger partial charge is 0.464 e. The van der Waals surface area contributed by atoms with E-state index < -0.39 is 6.04 Å². The molecule has 5 heteroatoms. The number of carbonyl (C=O) groups excluding carboxylic acids is 1. The minimum absolute atomic E-state index is 0.293. The SMILES string of the molecule is COC(=O)[C@@H](c1ccccc1Cl)[N+]1=Cc2ccsc2CC1. The molecule has 0 saturated carbocycles. The van der Waals surface area contributed by atoms with Gasteiger partial charge in [-0.25, -0.2) is 9.37 Å². The first kappa shape index (κ1) is 14.3. The molecule has 0 bridgehead atoms. The van der Waals surface area contributed by atoms with Gasteiger partial charge < -0.3 is 4.74 Å². The van der Waals surface area contributed by atoms with Crippen molar-refractivity contribution in [2.45, 2.75) is 12.5 Å². The van der Waals surface area contributed by atoms with E-state index >= 15 is 0 Å². The van der Waals surface area contributed by atoms with E-state index in [1.165, 1.54) is 17.6 Å². The molecule has 3 rings (SSSR count). The van der Waals surface area contributed by atoms with Crippen molar-refractivity contribution < 1.29 is 14.1 Å². The molecule has 0 radical (unpaired) electrons. The van der Waals surface area contributed by atoms with Crippen molar-refractivity contribution in [1.29, 1.82) is 0 Å². The lowest BCUT2D eigenvalue weighted by atomic mass is 10.0. The van der Waals surface area contributed by atoms with E-state index in [2.05, 4.69) is 11.4 Å². The van der Waals surface area contributed by atoms with Crippen LogP contribution >= 0.6 is 22.9 Å². The molecule has 0 unspecified atom stereocenters. The Labute approximate surface area is 132 Å². The third-order valence-electron chi connectivity index (χ3n) is 3.64. The van der Waals surface area contributed by atoms with Crippen LogP contribution in [0.4, 0.5) is 0 Å². The summed E-state index contributed by atoms with van der Waals surface area (Å²) in [6, 6.07) is 8.99. The Morgan fingerprint density at radius 2 is 2.19 bits per heavy atom. The number of ether oxygens (including phenoxy) is 1. The third-order valence-corrected chi connectivity index (χ3v) is 4.98. The number of esters is 1. The van der Waals surface area contributed by atoms with E-state index in [-0.39, 0.29) is 5.97 Å². The van der Waals surface area contributed by atoms with Crippen molar-refractivity contribution in [3.63, 3.8) is 0 Å². The first-order valence-electron chi connectivity index (χ1n) is 6.70. The fourth-order valence-corrected chi connectivity index (χ4v) is 3.68. The Balaban J connectivity index is 2.06.